The van der Waals surface area contributed by atoms with Gasteiger partial charge in [-0.05, 0) is 33.6 Å². The van der Waals surface area contributed by atoms with E-state index in [0.29, 0.717) is 25.8 Å². The van der Waals surface area contributed by atoms with Gasteiger partial charge in [0.05, 0.1) is 5.60 Å². The summed E-state index contributed by atoms with van der Waals surface area (Å²) in [6.45, 7) is 7.85. The topological polar surface area (TPSA) is 75.3 Å². The van der Waals surface area contributed by atoms with Crippen molar-refractivity contribution in [2.24, 2.45) is 5.73 Å². The van der Waals surface area contributed by atoms with Gasteiger partial charge in [-0.3, -0.25) is 4.79 Å². The van der Waals surface area contributed by atoms with Crippen molar-refractivity contribution in [2.45, 2.75) is 64.5 Å². The third kappa shape index (κ3) is 8.68. The minimum absolute atomic E-state index is 0.0464. The van der Waals surface area contributed by atoms with Gasteiger partial charge in [0.1, 0.15) is 0 Å². The zero-order chi connectivity index (χ0) is 12.8. The molecular formula is C12H26N2O2. The first kappa shape index (κ1) is 15.4. The molecule has 0 bridgehead atoms. The fourth-order valence-corrected chi connectivity index (χ4v) is 1.44. The summed E-state index contributed by atoms with van der Waals surface area (Å²) in [4.78, 5) is 11.5. The summed E-state index contributed by atoms with van der Waals surface area (Å²) in [5.41, 5.74) is 4.66. The van der Waals surface area contributed by atoms with Gasteiger partial charge in [0.25, 0.3) is 0 Å². The quantitative estimate of drug-likeness (QED) is 0.614. The van der Waals surface area contributed by atoms with Crippen molar-refractivity contribution in [3.63, 3.8) is 0 Å². The van der Waals surface area contributed by atoms with Crippen LogP contribution in [0.5, 0.6) is 0 Å². The number of carbonyl (C=O) groups is 1. The molecule has 4 heteroatoms. The van der Waals surface area contributed by atoms with Crippen molar-refractivity contribution in [1.82, 2.24) is 5.32 Å². The van der Waals surface area contributed by atoms with Gasteiger partial charge in [0.15, 0.2) is 0 Å². The van der Waals surface area contributed by atoms with E-state index in [0.717, 1.165) is 6.42 Å². The summed E-state index contributed by atoms with van der Waals surface area (Å²) in [7, 11) is 0. The van der Waals surface area contributed by atoms with Crippen molar-refractivity contribution >= 4 is 5.91 Å². The van der Waals surface area contributed by atoms with Gasteiger partial charge in [0.2, 0.25) is 5.91 Å². The van der Waals surface area contributed by atoms with Crippen molar-refractivity contribution in [3.8, 4) is 0 Å². The number of amides is 1. The third-order valence-corrected chi connectivity index (χ3v) is 2.45. The van der Waals surface area contributed by atoms with E-state index < -0.39 is 5.60 Å². The second kappa shape index (κ2) is 6.21. The molecule has 0 rings (SSSR count). The molecule has 0 radical (unpaired) electrons. The molecule has 0 saturated heterocycles. The number of hydrogen-bond donors (Lipinski definition) is 3. The molecule has 1 amide bonds. The molecule has 0 aliphatic rings. The van der Waals surface area contributed by atoms with Crippen molar-refractivity contribution in [3.05, 3.63) is 0 Å². The second-order valence-corrected chi connectivity index (χ2v) is 5.51. The Kier molecular flexibility index (Phi) is 5.97. The lowest BCUT2D eigenvalue weighted by Crippen LogP contribution is -2.41. The molecule has 0 heterocycles. The molecule has 16 heavy (non-hydrogen) atoms. The number of aliphatic hydroxyl groups is 1. The molecule has 4 N–H and O–H groups in total. The maximum absolute atomic E-state index is 11.5. The van der Waals surface area contributed by atoms with Crippen LogP contribution in [0.3, 0.4) is 0 Å². The molecule has 1 atom stereocenters. The largest absolute Gasteiger partial charge is 0.388 e. The fourth-order valence-electron chi connectivity index (χ4n) is 1.44. The Labute approximate surface area is 98.6 Å². The Morgan fingerprint density at radius 2 is 1.88 bits per heavy atom. The highest BCUT2D eigenvalue weighted by molar-refractivity contribution is 5.76. The van der Waals surface area contributed by atoms with Crippen LogP contribution in [0.4, 0.5) is 0 Å². The molecule has 0 aromatic heterocycles. The lowest BCUT2D eigenvalue weighted by Gasteiger charge is -2.23. The summed E-state index contributed by atoms with van der Waals surface area (Å²) in [5, 5.41) is 12.6. The Hall–Kier alpha value is -0.610. The first-order valence-corrected chi connectivity index (χ1v) is 5.94. The van der Waals surface area contributed by atoms with Gasteiger partial charge in [-0.15, -0.1) is 0 Å². The molecule has 0 aromatic rings. The van der Waals surface area contributed by atoms with Crippen molar-refractivity contribution in [2.75, 3.05) is 6.54 Å². The molecule has 0 aromatic carbocycles. The van der Waals surface area contributed by atoms with Gasteiger partial charge in [-0.25, -0.2) is 0 Å². The standard InChI is InChI=1S/C12H26N2O2/c1-5-7-12(4,16)9-14-10(15)6-8-11(2,3)13/h16H,5-9,13H2,1-4H3,(H,14,15). The molecule has 96 valence electrons. The summed E-state index contributed by atoms with van der Waals surface area (Å²) >= 11 is 0. The Bertz CT molecular complexity index is 220. The van der Waals surface area contributed by atoms with Crippen LogP contribution in [0.15, 0.2) is 0 Å². The van der Waals surface area contributed by atoms with E-state index in [-0.39, 0.29) is 11.4 Å². The predicted molar refractivity (Wildman–Crippen MR) is 66.0 cm³/mol. The fraction of sp³-hybridized carbons (Fsp3) is 0.917. The van der Waals surface area contributed by atoms with Crippen LogP contribution in [0.1, 0.15) is 53.4 Å². The van der Waals surface area contributed by atoms with Crippen molar-refractivity contribution < 1.29 is 9.90 Å². The van der Waals surface area contributed by atoms with E-state index in [9.17, 15) is 9.90 Å². The van der Waals surface area contributed by atoms with E-state index >= 15 is 0 Å². The highest BCUT2D eigenvalue weighted by atomic mass is 16.3. The van der Waals surface area contributed by atoms with E-state index in [1.54, 1.807) is 6.92 Å². The average molecular weight is 230 g/mol. The van der Waals surface area contributed by atoms with E-state index in [2.05, 4.69) is 5.32 Å². The number of carbonyl (C=O) groups excluding carboxylic acids is 1. The van der Waals surface area contributed by atoms with Crippen LogP contribution in [-0.2, 0) is 4.79 Å². The summed E-state index contributed by atoms with van der Waals surface area (Å²) in [6, 6.07) is 0. The van der Waals surface area contributed by atoms with E-state index in [1.165, 1.54) is 0 Å². The molecule has 0 spiro atoms. The predicted octanol–water partition coefficient (Wildman–Crippen LogP) is 1.17. The molecule has 0 aliphatic carbocycles. The first-order chi connectivity index (χ1) is 7.16. The van der Waals surface area contributed by atoms with Crippen LogP contribution in [0, 0.1) is 0 Å². The molecule has 4 nitrogen and oxygen atoms in total. The molecule has 0 aliphatic heterocycles. The normalized spacial score (nSPS) is 15.6. The summed E-state index contributed by atoms with van der Waals surface area (Å²) in [6.07, 6.45) is 2.65. The highest BCUT2D eigenvalue weighted by Crippen LogP contribution is 2.11. The zero-order valence-electron chi connectivity index (χ0n) is 11.0. The molecular weight excluding hydrogens is 204 g/mol. The van der Waals surface area contributed by atoms with Crippen LogP contribution in [-0.4, -0.2) is 28.7 Å². The van der Waals surface area contributed by atoms with Crippen LogP contribution in [0.25, 0.3) is 0 Å². The maximum Gasteiger partial charge on any atom is 0.220 e. The molecule has 0 saturated carbocycles. The van der Waals surface area contributed by atoms with Gasteiger partial charge < -0.3 is 16.2 Å². The van der Waals surface area contributed by atoms with E-state index in [1.807, 2.05) is 20.8 Å². The van der Waals surface area contributed by atoms with Gasteiger partial charge in [-0.2, -0.15) is 0 Å². The second-order valence-electron chi connectivity index (χ2n) is 5.51. The third-order valence-electron chi connectivity index (χ3n) is 2.45. The first-order valence-electron chi connectivity index (χ1n) is 5.94. The van der Waals surface area contributed by atoms with Crippen LogP contribution >= 0.6 is 0 Å². The number of hydrogen-bond acceptors (Lipinski definition) is 3. The number of rotatable bonds is 7. The Morgan fingerprint density at radius 3 is 2.31 bits per heavy atom. The molecule has 1 unspecified atom stereocenters. The zero-order valence-corrected chi connectivity index (χ0v) is 11.0. The number of nitrogens with two attached hydrogens (primary N) is 1. The SMILES string of the molecule is CCCC(C)(O)CNC(=O)CCC(C)(C)N. The van der Waals surface area contributed by atoms with Gasteiger partial charge in [-0.1, -0.05) is 13.3 Å². The van der Waals surface area contributed by atoms with Crippen LogP contribution in [0.2, 0.25) is 0 Å². The molecule has 0 fully saturated rings. The monoisotopic (exact) mass is 230 g/mol. The maximum atomic E-state index is 11.5. The Morgan fingerprint density at radius 1 is 1.31 bits per heavy atom. The minimum Gasteiger partial charge on any atom is -0.388 e. The van der Waals surface area contributed by atoms with Crippen molar-refractivity contribution in [1.29, 1.82) is 0 Å². The van der Waals surface area contributed by atoms with Crippen LogP contribution < -0.4 is 11.1 Å². The lowest BCUT2D eigenvalue weighted by atomic mass is 9.99. The number of nitrogens with one attached hydrogen (secondary N) is 1. The highest BCUT2D eigenvalue weighted by Gasteiger charge is 2.20. The van der Waals surface area contributed by atoms with E-state index in [4.69, 9.17) is 5.73 Å². The lowest BCUT2D eigenvalue weighted by molar-refractivity contribution is -0.122. The Balaban J connectivity index is 3.81. The summed E-state index contributed by atoms with van der Waals surface area (Å²) in [5.74, 6) is -0.0464. The minimum atomic E-state index is -0.803. The van der Waals surface area contributed by atoms with Gasteiger partial charge in [0, 0.05) is 18.5 Å². The smallest absolute Gasteiger partial charge is 0.220 e. The van der Waals surface area contributed by atoms with Gasteiger partial charge >= 0.3 is 0 Å². The summed E-state index contributed by atoms with van der Waals surface area (Å²) < 4.78 is 0. The average Bonchev–Trinajstić information content (AvgIpc) is 2.10.